The second-order valence-electron chi connectivity index (χ2n) is 11.0. The van der Waals surface area contributed by atoms with E-state index in [1.165, 1.54) is 19.5 Å². The zero-order valence-electron chi connectivity index (χ0n) is 21.5. The molecule has 36 heavy (non-hydrogen) atoms. The average molecular weight is 498 g/mol. The van der Waals surface area contributed by atoms with Crippen LogP contribution in [0.4, 0.5) is 10.2 Å². The fourth-order valence-corrected chi connectivity index (χ4v) is 6.11. The number of nitrogens with zero attached hydrogens (tertiary/aromatic N) is 4. The smallest absolute Gasteiger partial charge is 0.231 e. The number of aliphatic hydroxyl groups is 1. The molecule has 4 atom stereocenters. The van der Waals surface area contributed by atoms with Gasteiger partial charge in [0.15, 0.2) is 0 Å². The molecule has 1 aromatic carbocycles. The predicted molar refractivity (Wildman–Crippen MR) is 135 cm³/mol. The van der Waals surface area contributed by atoms with E-state index >= 15 is 4.39 Å². The summed E-state index contributed by atoms with van der Waals surface area (Å²) in [6, 6.07) is 4.64. The van der Waals surface area contributed by atoms with Gasteiger partial charge in [-0.2, -0.15) is 0 Å². The number of carbonyl (C=O) groups excluding carboxylic acids is 1. The molecule has 1 aliphatic carbocycles. The fraction of sp³-hybridized carbons (Fsp3) is 0.593. The van der Waals surface area contributed by atoms with Crippen molar-refractivity contribution in [1.82, 2.24) is 20.2 Å². The maximum Gasteiger partial charge on any atom is 0.231 e. The molecule has 2 fully saturated rings. The Labute approximate surface area is 211 Å². The van der Waals surface area contributed by atoms with E-state index in [9.17, 15) is 9.90 Å². The van der Waals surface area contributed by atoms with Gasteiger partial charge in [-0.3, -0.25) is 4.79 Å². The number of fused-ring (bicyclic) bond motifs is 1. The number of methoxy groups -OCH3 is 1. The molecule has 2 saturated heterocycles. The third-order valence-corrected chi connectivity index (χ3v) is 8.04. The number of halogens is 1. The van der Waals surface area contributed by atoms with E-state index in [-0.39, 0.29) is 23.4 Å². The molecular formula is C27H36FN5O3. The van der Waals surface area contributed by atoms with Crippen molar-refractivity contribution >= 4 is 11.7 Å². The van der Waals surface area contributed by atoms with E-state index < -0.39 is 17.8 Å². The van der Waals surface area contributed by atoms with Crippen LogP contribution in [0, 0.1) is 5.82 Å². The molecule has 1 amide bonds. The van der Waals surface area contributed by atoms with Gasteiger partial charge in [0.1, 0.15) is 23.7 Å². The maximum absolute atomic E-state index is 15.2. The molecule has 9 heteroatoms. The molecule has 2 N–H and O–H groups in total. The first-order chi connectivity index (χ1) is 17.2. The normalized spacial score (nSPS) is 26.1. The minimum absolute atomic E-state index is 0.0503. The summed E-state index contributed by atoms with van der Waals surface area (Å²) in [5, 5.41) is 13.9. The first-order valence-electron chi connectivity index (χ1n) is 12.9. The number of hydrogen-bond acceptors (Lipinski definition) is 7. The summed E-state index contributed by atoms with van der Waals surface area (Å²) in [5.74, 6) is 0.404. The number of piperazine rings is 1. The van der Waals surface area contributed by atoms with E-state index in [2.05, 4.69) is 41.0 Å². The number of aromatic nitrogens is 2. The largest absolute Gasteiger partial charge is 0.497 e. The number of hydrogen-bond donors (Lipinski definition) is 2. The van der Waals surface area contributed by atoms with Crippen molar-refractivity contribution in [1.29, 1.82) is 0 Å². The fourth-order valence-electron chi connectivity index (χ4n) is 6.11. The molecule has 194 valence electrons. The van der Waals surface area contributed by atoms with Crippen LogP contribution in [0.5, 0.6) is 5.75 Å². The average Bonchev–Trinajstić information content (AvgIpc) is 3.37. The standard InChI is InChI=1S/C27H36FN5O3/c1-16-13-21(34)24-22(16)25(30-15-29-24)32-9-11-33(12-10-32)26(35)23(20-7-8-27(2,3)31-20)18-6-5-17(36-4)14-19(18)28/h5-6,14-16,20-21,23,31,34H,7-13H2,1-4H3/t16-,20?,21-,23?/m1/s1. The van der Waals surface area contributed by atoms with Gasteiger partial charge < -0.3 is 25.0 Å². The molecule has 0 spiro atoms. The summed E-state index contributed by atoms with van der Waals surface area (Å²) in [7, 11) is 1.51. The molecule has 3 aliphatic rings. The van der Waals surface area contributed by atoms with Gasteiger partial charge in [-0.25, -0.2) is 14.4 Å². The summed E-state index contributed by atoms with van der Waals surface area (Å²) in [6.45, 7) is 8.63. The lowest BCUT2D eigenvalue weighted by molar-refractivity contribution is -0.133. The highest BCUT2D eigenvalue weighted by Crippen LogP contribution is 2.43. The van der Waals surface area contributed by atoms with Crippen LogP contribution in [-0.4, -0.2) is 70.8 Å². The Morgan fingerprint density at radius 3 is 2.64 bits per heavy atom. The van der Waals surface area contributed by atoms with Gasteiger partial charge in [0, 0.05) is 55.0 Å². The van der Waals surface area contributed by atoms with Gasteiger partial charge >= 0.3 is 0 Å². The molecule has 0 bridgehead atoms. The Hall–Kier alpha value is -2.78. The number of aliphatic hydroxyl groups excluding tert-OH is 1. The van der Waals surface area contributed by atoms with Gasteiger partial charge in [0.05, 0.1) is 24.8 Å². The SMILES string of the molecule is COc1ccc(C(C(=O)N2CCN(c3ncnc4c3[C@H](C)C[C@H]4O)CC2)C2CCC(C)(C)N2)c(F)c1. The molecule has 5 rings (SSSR count). The Kier molecular flexibility index (Phi) is 6.63. The number of ether oxygens (including phenoxy) is 1. The maximum atomic E-state index is 15.2. The van der Waals surface area contributed by atoms with Crippen LogP contribution in [0.25, 0.3) is 0 Å². The van der Waals surface area contributed by atoms with Gasteiger partial charge in [-0.1, -0.05) is 13.0 Å². The van der Waals surface area contributed by atoms with Crippen molar-refractivity contribution in [2.24, 2.45) is 0 Å². The highest BCUT2D eigenvalue weighted by molar-refractivity contribution is 5.85. The molecule has 0 saturated carbocycles. The van der Waals surface area contributed by atoms with Crippen LogP contribution in [0.15, 0.2) is 24.5 Å². The highest BCUT2D eigenvalue weighted by atomic mass is 19.1. The molecule has 0 radical (unpaired) electrons. The number of amides is 1. The number of rotatable bonds is 5. The van der Waals surface area contributed by atoms with Crippen molar-refractivity contribution in [3.63, 3.8) is 0 Å². The van der Waals surface area contributed by atoms with Crippen molar-refractivity contribution in [3.05, 3.63) is 47.2 Å². The van der Waals surface area contributed by atoms with Gasteiger partial charge in [-0.15, -0.1) is 0 Å². The van der Waals surface area contributed by atoms with Crippen LogP contribution in [0.3, 0.4) is 0 Å². The molecule has 8 nitrogen and oxygen atoms in total. The first kappa shape index (κ1) is 24.9. The Morgan fingerprint density at radius 1 is 1.25 bits per heavy atom. The topological polar surface area (TPSA) is 90.8 Å². The first-order valence-corrected chi connectivity index (χ1v) is 12.9. The third-order valence-electron chi connectivity index (χ3n) is 8.04. The molecule has 1 aromatic heterocycles. The van der Waals surface area contributed by atoms with Crippen LogP contribution in [0.2, 0.25) is 0 Å². The summed E-state index contributed by atoms with van der Waals surface area (Å²) in [6.07, 6.45) is 3.35. The second kappa shape index (κ2) is 9.59. The van der Waals surface area contributed by atoms with Crippen LogP contribution in [-0.2, 0) is 4.79 Å². The lowest BCUT2D eigenvalue weighted by atomic mass is 9.88. The van der Waals surface area contributed by atoms with E-state index in [1.807, 2.05) is 4.90 Å². The van der Waals surface area contributed by atoms with Crippen molar-refractivity contribution in [2.75, 3.05) is 38.2 Å². The van der Waals surface area contributed by atoms with E-state index in [0.29, 0.717) is 43.9 Å². The highest BCUT2D eigenvalue weighted by Gasteiger charge is 2.42. The van der Waals surface area contributed by atoms with Crippen molar-refractivity contribution in [2.45, 2.75) is 69.6 Å². The number of anilines is 1. The van der Waals surface area contributed by atoms with E-state index in [0.717, 1.165) is 29.9 Å². The van der Waals surface area contributed by atoms with Gasteiger partial charge in [0.25, 0.3) is 0 Å². The summed E-state index contributed by atoms with van der Waals surface area (Å²) in [4.78, 5) is 26.8. The number of carbonyl (C=O) groups is 1. The third kappa shape index (κ3) is 4.54. The Bertz CT molecular complexity index is 1130. The van der Waals surface area contributed by atoms with Gasteiger partial charge in [-0.05, 0) is 45.1 Å². The molecule has 2 aliphatic heterocycles. The number of benzene rings is 1. The molecule has 2 unspecified atom stereocenters. The minimum Gasteiger partial charge on any atom is -0.497 e. The monoisotopic (exact) mass is 497 g/mol. The lowest BCUT2D eigenvalue weighted by Crippen LogP contribution is -2.53. The van der Waals surface area contributed by atoms with E-state index in [1.54, 1.807) is 12.1 Å². The summed E-state index contributed by atoms with van der Waals surface area (Å²) in [5.41, 5.74) is 2.05. The number of nitrogens with one attached hydrogen (secondary N) is 1. The van der Waals surface area contributed by atoms with Crippen molar-refractivity contribution < 1.29 is 19.0 Å². The van der Waals surface area contributed by atoms with Crippen LogP contribution >= 0.6 is 0 Å². The molecule has 2 aromatic rings. The zero-order chi connectivity index (χ0) is 25.6. The quantitative estimate of drug-likeness (QED) is 0.656. The summed E-state index contributed by atoms with van der Waals surface area (Å²) < 4.78 is 20.4. The van der Waals surface area contributed by atoms with Crippen LogP contribution in [0.1, 0.15) is 74.8 Å². The Balaban J connectivity index is 1.36. The lowest BCUT2D eigenvalue weighted by Gasteiger charge is -2.39. The van der Waals surface area contributed by atoms with Crippen LogP contribution < -0.4 is 15.0 Å². The summed E-state index contributed by atoms with van der Waals surface area (Å²) >= 11 is 0. The zero-order valence-corrected chi connectivity index (χ0v) is 21.5. The second-order valence-corrected chi connectivity index (χ2v) is 11.0. The van der Waals surface area contributed by atoms with Gasteiger partial charge in [0.2, 0.25) is 5.91 Å². The molecule has 3 heterocycles. The van der Waals surface area contributed by atoms with E-state index in [4.69, 9.17) is 4.74 Å². The Morgan fingerprint density at radius 2 is 2.00 bits per heavy atom. The minimum atomic E-state index is -0.609. The predicted octanol–water partition coefficient (Wildman–Crippen LogP) is 3.13. The van der Waals surface area contributed by atoms with Crippen molar-refractivity contribution in [3.8, 4) is 5.75 Å². The molecular weight excluding hydrogens is 461 g/mol.